The standard InChI is InChI=1S/C23H28N2O3.ClH/c1-2-27-23(26)21-14-9-15-25(18-21)16-17-28-24-22(19-10-5-3-6-11-19)20-12-7-4-8-13-20;/h3-8,10-13,21H,2,9,14-18H2,1H3;1H/t21-;/m1./s1. The summed E-state index contributed by atoms with van der Waals surface area (Å²) in [5, 5.41) is 4.44. The van der Waals surface area contributed by atoms with Gasteiger partial charge in [-0.25, -0.2) is 0 Å². The fourth-order valence-electron chi connectivity index (χ4n) is 3.60. The van der Waals surface area contributed by atoms with E-state index in [9.17, 15) is 4.79 Å². The van der Waals surface area contributed by atoms with Crippen LogP contribution in [0.15, 0.2) is 65.8 Å². The average molecular weight is 417 g/mol. The van der Waals surface area contributed by atoms with Crippen molar-refractivity contribution in [3.63, 3.8) is 0 Å². The number of carbonyl (C=O) groups is 1. The number of oxime groups is 1. The van der Waals surface area contributed by atoms with E-state index in [1.54, 1.807) is 0 Å². The van der Waals surface area contributed by atoms with E-state index in [-0.39, 0.29) is 24.3 Å². The molecule has 2 aromatic carbocycles. The molecule has 2 aromatic rings. The Bertz CT molecular complexity index is 727. The van der Waals surface area contributed by atoms with Crippen LogP contribution in [0, 0.1) is 5.92 Å². The number of carbonyl (C=O) groups excluding carboxylic acids is 1. The van der Waals surface area contributed by atoms with Crippen LogP contribution >= 0.6 is 0 Å². The first kappa shape index (κ1) is 22.9. The average Bonchev–Trinajstić information content (AvgIpc) is 2.75. The lowest BCUT2D eigenvalue weighted by Crippen LogP contribution is -3.14. The van der Waals surface area contributed by atoms with Gasteiger partial charge in [0.25, 0.3) is 0 Å². The third-order valence-corrected chi connectivity index (χ3v) is 5.04. The van der Waals surface area contributed by atoms with Crippen molar-refractivity contribution in [3.05, 3.63) is 71.8 Å². The lowest BCUT2D eigenvalue weighted by Gasteiger charge is -2.28. The molecule has 29 heavy (non-hydrogen) atoms. The van der Waals surface area contributed by atoms with E-state index >= 15 is 0 Å². The van der Waals surface area contributed by atoms with Crippen molar-refractivity contribution in [2.45, 2.75) is 19.8 Å². The molecule has 1 saturated heterocycles. The lowest BCUT2D eigenvalue weighted by atomic mass is 9.98. The van der Waals surface area contributed by atoms with E-state index in [2.05, 4.69) is 5.16 Å². The molecule has 1 heterocycles. The third-order valence-electron chi connectivity index (χ3n) is 5.04. The highest BCUT2D eigenvalue weighted by Gasteiger charge is 2.29. The van der Waals surface area contributed by atoms with Crippen LogP contribution in [0.4, 0.5) is 0 Å². The SMILES string of the molecule is CCOC(=O)[C@@H]1CCC[NH+](CCON=C(c2ccccc2)c2ccccc2)C1.[Cl-]. The highest BCUT2D eigenvalue weighted by atomic mass is 35.5. The minimum Gasteiger partial charge on any atom is -1.00 e. The van der Waals surface area contributed by atoms with Crippen molar-refractivity contribution in [1.29, 1.82) is 0 Å². The molecule has 2 atom stereocenters. The van der Waals surface area contributed by atoms with Gasteiger partial charge in [0.15, 0.2) is 6.61 Å². The molecule has 0 amide bonds. The normalized spacial score (nSPS) is 18.2. The zero-order chi connectivity index (χ0) is 19.6. The van der Waals surface area contributed by atoms with Crippen LogP contribution in [0.2, 0.25) is 0 Å². The van der Waals surface area contributed by atoms with Crippen LogP contribution in [0.5, 0.6) is 0 Å². The number of hydrogen-bond donors (Lipinski definition) is 1. The molecule has 0 saturated carbocycles. The molecule has 1 aliphatic heterocycles. The molecule has 0 spiro atoms. The molecule has 1 aliphatic rings. The van der Waals surface area contributed by atoms with Crippen LogP contribution in [0.25, 0.3) is 0 Å². The Kier molecular flexibility index (Phi) is 9.68. The highest BCUT2D eigenvalue weighted by molar-refractivity contribution is 6.12. The second kappa shape index (κ2) is 12.2. The Labute approximate surface area is 179 Å². The number of likely N-dealkylation sites (tertiary alicyclic amines) is 1. The summed E-state index contributed by atoms with van der Waals surface area (Å²) in [6.45, 7) is 5.53. The predicted molar refractivity (Wildman–Crippen MR) is 109 cm³/mol. The van der Waals surface area contributed by atoms with E-state index in [0.717, 1.165) is 49.3 Å². The number of halogens is 1. The molecule has 0 aromatic heterocycles. The molecule has 1 N–H and O–H groups in total. The molecule has 0 radical (unpaired) electrons. The fraction of sp³-hybridized carbons (Fsp3) is 0.391. The van der Waals surface area contributed by atoms with Crippen molar-refractivity contribution in [2.24, 2.45) is 11.1 Å². The first-order valence-corrected chi connectivity index (χ1v) is 10.1. The summed E-state index contributed by atoms with van der Waals surface area (Å²) >= 11 is 0. The molecule has 1 unspecified atom stereocenters. The third kappa shape index (κ3) is 6.87. The Morgan fingerprint density at radius 2 is 1.69 bits per heavy atom. The van der Waals surface area contributed by atoms with Gasteiger partial charge in [0.2, 0.25) is 0 Å². The number of nitrogens with one attached hydrogen (secondary N) is 1. The maximum absolute atomic E-state index is 12.0. The number of esters is 1. The lowest BCUT2D eigenvalue weighted by molar-refractivity contribution is -0.908. The Morgan fingerprint density at radius 1 is 1.07 bits per heavy atom. The zero-order valence-corrected chi connectivity index (χ0v) is 17.6. The van der Waals surface area contributed by atoms with Crippen molar-refractivity contribution >= 4 is 11.7 Å². The number of ether oxygens (including phenoxy) is 1. The van der Waals surface area contributed by atoms with Gasteiger partial charge in [-0.3, -0.25) is 4.79 Å². The Balaban J connectivity index is 0.00000300. The van der Waals surface area contributed by atoms with Crippen molar-refractivity contribution < 1.29 is 31.7 Å². The number of nitrogens with zero attached hydrogens (tertiary/aromatic N) is 1. The quantitative estimate of drug-likeness (QED) is 0.268. The van der Waals surface area contributed by atoms with Gasteiger partial charge in [0.05, 0.1) is 19.7 Å². The summed E-state index contributed by atoms with van der Waals surface area (Å²) in [5.41, 5.74) is 2.89. The van der Waals surface area contributed by atoms with Gasteiger partial charge >= 0.3 is 5.97 Å². The molecular formula is C23H29ClN2O3. The summed E-state index contributed by atoms with van der Waals surface area (Å²) in [5.74, 6) is -0.0505. The van der Waals surface area contributed by atoms with Crippen molar-refractivity contribution in [2.75, 3.05) is 32.8 Å². The summed E-state index contributed by atoms with van der Waals surface area (Å²) in [6, 6.07) is 20.1. The predicted octanol–water partition coefficient (Wildman–Crippen LogP) is -0.682. The second-order valence-corrected chi connectivity index (χ2v) is 7.05. The fourth-order valence-corrected chi connectivity index (χ4v) is 3.60. The first-order valence-electron chi connectivity index (χ1n) is 10.1. The number of quaternary nitrogens is 1. The molecule has 6 heteroatoms. The molecule has 1 fully saturated rings. The summed E-state index contributed by atoms with van der Waals surface area (Å²) < 4.78 is 5.18. The topological polar surface area (TPSA) is 52.3 Å². The molecule has 156 valence electrons. The first-order chi connectivity index (χ1) is 13.8. The van der Waals surface area contributed by atoms with Gasteiger partial charge in [0, 0.05) is 11.1 Å². The largest absolute Gasteiger partial charge is 1.00 e. The maximum Gasteiger partial charge on any atom is 0.314 e. The van der Waals surface area contributed by atoms with Crippen LogP contribution in [0.1, 0.15) is 30.9 Å². The van der Waals surface area contributed by atoms with E-state index in [4.69, 9.17) is 9.57 Å². The molecule has 5 nitrogen and oxygen atoms in total. The number of piperidine rings is 1. The molecule has 3 rings (SSSR count). The van der Waals surface area contributed by atoms with Crippen LogP contribution < -0.4 is 17.3 Å². The molecule has 0 aliphatic carbocycles. The Hall–Kier alpha value is -2.37. The number of hydrogen-bond acceptors (Lipinski definition) is 4. The van der Waals surface area contributed by atoms with Gasteiger partial charge in [-0.2, -0.15) is 0 Å². The second-order valence-electron chi connectivity index (χ2n) is 7.05. The smallest absolute Gasteiger partial charge is 0.314 e. The van der Waals surface area contributed by atoms with Crippen molar-refractivity contribution in [1.82, 2.24) is 0 Å². The molecule has 0 bridgehead atoms. The Morgan fingerprint density at radius 3 is 2.28 bits per heavy atom. The van der Waals surface area contributed by atoms with Gasteiger partial charge in [0.1, 0.15) is 18.2 Å². The summed E-state index contributed by atoms with van der Waals surface area (Å²) in [6.07, 6.45) is 1.97. The van der Waals surface area contributed by atoms with Crippen LogP contribution in [-0.4, -0.2) is 44.5 Å². The van der Waals surface area contributed by atoms with Crippen molar-refractivity contribution in [3.8, 4) is 0 Å². The van der Waals surface area contributed by atoms with E-state index in [0.29, 0.717) is 13.2 Å². The molecular weight excluding hydrogens is 388 g/mol. The van der Waals surface area contributed by atoms with E-state index < -0.39 is 0 Å². The van der Waals surface area contributed by atoms with Gasteiger partial charge < -0.3 is 26.9 Å². The number of benzene rings is 2. The number of rotatable bonds is 8. The van der Waals surface area contributed by atoms with Crippen LogP contribution in [-0.2, 0) is 14.4 Å². The van der Waals surface area contributed by atoms with E-state index in [1.807, 2.05) is 67.6 Å². The zero-order valence-electron chi connectivity index (χ0n) is 16.9. The monoisotopic (exact) mass is 416 g/mol. The summed E-state index contributed by atoms with van der Waals surface area (Å²) in [4.78, 5) is 19.1. The van der Waals surface area contributed by atoms with Gasteiger partial charge in [-0.05, 0) is 19.8 Å². The van der Waals surface area contributed by atoms with Gasteiger partial charge in [-0.15, -0.1) is 0 Å². The minimum absolute atomic E-state index is 0. The van der Waals surface area contributed by atoms with Crippen LogP contribution in [0.3, 0.4) is 0 Å². The maximum atomic E-state index is 12.0. The van der Waals surface area contributed by atoms with Gasteiger partial charge in [-0.1, -0.05) is 65.8 Å². The highest BCUT2D eigenvalue weighted by Crippen LogP contribution is 2.11. The minimum atomic E-state index is -0.0610. The summed E-state index contributed by atoms with van der Waals surface area (Å²) in [7, 11) is 0. The van der Waals surface area contributed by atoms with E-state index in [1.165, 1.54) is 4.90 Å².